The molecule has 7 heteroatoms. The maximum absolute atomic E-state index is 12.1. The van der Waals surface area contributed by atoms with E-state index in [4.69, 9.17) is 0 Å². The molecule has 1 N–H and O–H groups in total. The monoisotopic (exact) mass is 372 g/mol. The number of nitrogens with one attached hydrogen (secondary N) is 1. The Bertz CT molecular complexity index is 852. The SMILES string of the molecule is Cc1csc(NC(=O)CSc2nccn2-c2ccc(C(C)C)cc2)n1. The fraction of sp³-hybridized carbons (Fsp3) is 0.278. The third kappa shape index (κ3) is 4.49. The Morgan fingerprint density at radius 2 is 2.08 bits per heavy atom. The molecule has 1 amide bonds. The average Bonchev–Trinajstić information content (AvgIpc) is 3.22. The van der Waals surface area contributed by atoms with Crippen LogP contribution in [0.15, 0.2) is 47.2 Å². The van der Waals surface area contributed by atoms with Crippen LogP contribution in [0.5, 0.6) is 0 Å². The van der Waals surface area contributed by atoms with Crippen molar-refractivity contribution in [2.24, 2.45) is 0 Å². The molecule has 0 aliphatic carbocycles. The second kappa shape index (κ2) is 7.84. The summed E-state index contributed by atoms with van der Waals surface area (Å²) in [4.78, 5) is 20.7. The number of amides is 1. The first-order chi connectivity index (χ1) is 12.0. The first-order valence-electron chi connectivity index (χ1n) is 8.01. The number of carbonyl (C=O) groups is 1. The number of benzene rings is 1. The van der Waals surface area contributed by atoms with Crippen LogP contribution < -0.4 is 5.32 Å². The van der Waals surface area contributed by atoms with Gasteiger partial charge in [-0.1, -0.05) is 37.7 Å². The van der Waals surface area contributed by atoms with Crippen LogP contribution in [0, 0.1) is 6.92 Å². The number of hydrogen-bond donors (Lipinski definition) is 1. The van der Waals surface area contributed by atoms with Crippen molar-refractivity contribution in [2.45, 2.75) is 31.8 Å². The number of thioether (sulfide) groups is 1. The van der Waals surface area contributed by atoms with Gasteiger partial charge in [-0.3, -0.25) is 9.36 Å². The molecule has 2 aromatic heterocycles. The number of thiazole rings is 1. The standard InChI is InChI=1S/C18H20N4OS2/c1-12(2)14-4-6-15(7-5-14)22-9-8-19-18(22)25-11-16(23)21-17-20-13(3)10-24-17/h4-10,12H,11H2,1-3H3,(H,20,21,23). The van der Waals surface area contributed by atoms with Crippen LogP contribution in [0.1, 0.15) is 31.0 Å². The van der Waals surface area contributed by atoms with Gasteiger partial charge in [0.1, 0.15) is 0 Å². The van der Waals surface area contributed by atoms with E-state index in [0.717, 1.165) is 16.5 Å². The first-order valence-corrected chi connectivity index (χ1v) is 9.88. The number of imidazole rings is 1. The lowest BCUT2D eigenvalue weighted by Crippen LogP contribution is -2.14. The summed E-state index contributed by atoms with van der Waals surface area (Å²) in [5, 5.41) is 6.16. The summed E-state index contributed by atoms with van der Waals surface area (Å²) in [6, 6.07) is 8.43. The zero-order valence-electron chi connectivity index (χ0n) is 14.4. The van der Waals surface area contributed by atoms with Crippen LogP contribution in [0.25, 0.3) is 5.69 Å². The molecule has 0 bridgehead atoms. The Balaban J connectivity index is 1.64. The van der Waals surface area contributed by atoms with Crippen molar-refractivity contribution in [1.82, 2.24) is 14.5 Å². The first kappa shape index (κ1) is 17.7. The normalized spacial score (nSPS) is 11.0. The average molecular weight is 373 g/mol. The molecule has 3 rings (SSSR count). The lowest BCUT2D eigenvalue weighted by Gasteiger charge is -2.10. The van der Waals surface area contributed by atoms with E-state index in [0.29, 0.717) is 16.8 Å². The van der Waals surface area contributed by atoms with Gasteiger partial charge in [0.15, 0.2) is 10.3 Å². The van der Waals surface area contributed by atoms with E-state index in [1.807, 2.05) is 23.1 Å². The van der Waals surface area contributed by atoms with E-state index < -0.39 is 0 Å². The van der Waals surface area contributed by atoms with E-state index in [9.17, 15) is 4.79 Å². The van der Waals surface area contributed by atoms with Crippen LogP contribution in [0.4, 0.5) is 5.13 Å². The molecule has 25 heavy (non-hydrogen) atoms. The molecule has 0 spiro atoms. The smallest absolute Gasteiger partial charge is 0.236 e. The lowest BCUT2D eigenvalue weighted by molar-refractivity contribution is -0.113. The molecule has 0 fully saturated rings. The van der Waals surface area contributed by atoms with Gasteiger partial charge in [-0.05, 0) is 30.5 Å². The maximum atomic E-state index is 12.1. The van der Waals surface area contributed by atoms with Crippen LogP contribution in [-0.4, -0.2) is 26.2 Å². The van der Waals surface area contributed by atoms with Crippen molar-refractivity contribution in [2.75, 3.05) is 11.1 Å². The molecule has 0 aliphatic heterocycles. The summed E-state index contributed by atoms with van der Waals surface area (Å²) in [5.41, 5.74) is 3.25. The number of nitrogens with zero attached hydrogens (tertiary/aromatic N) is 3. The maximum Gasteiger partial charge on any atom is 0.236 e. The van der Waals surface area contributed by atoms with Gasteiger partial charge in [0.2, 0.25) is 5.91 Å². The predicted molar refractivity (Wildman–Crippen MR) is 104 cm³/mol. The second-order valence-electron chi connectivity index (χ2n) is 5.96. The molecule has 3 aromatic rings. The summed E-state index contributed by atoms with van der Waals surface area (Å²) in [5.74, 6) is 0.715. The van der Waals surface area contributed by atoms with E-state index in [2.05, 4.69) is 53.4 Å². The van der Waals surface area contributed by atoms with Gasteiger partial charge in [-0.2, -0.15) is 0 Å². The summed E-state index contributed by atoms with van der Waals surface area (Å²) in [7, 11) is 0. The number of aryl methyl sites for hydroxylation is 1. The van der Waals surface area contributed by atoms with Crippen molar-refractivity contribution in [3.63, 3.8) is 0 Å². The van der Waals surface area contributed by atoms with E-state index in [1.54, 1.807) is 6.20 Å². The highest BCUT2D eigenvalue weighted by molar-refractivity contribution is 7.99. The Morgan fingerprint density at radius 3 is 2.72 bits per heavy atom. The summed E-state index contributed by atoms with van der Waals surface area (Å²) < 4.78 is 2.00. The molecule has 0 radical (unpaired) electrons. The van der Waals surface area contributed by atoms with E-state index >= 15 is 0 Å². The third-order valence-corrected chi connectivity index (χ3v) is 5.48. The molecular weight excluding hydrogens is 352 g/mol. The fourth-order valence-electron chi connectivity index (χ4n) is 2.31. The Morgan fingerprint density at radius 1 is 1.32 bits per heavy atom. The van der Waals surface area contributed by atoms with Crippen molar-refractivity contribution < 1.29 is 4.79 Å². The largest absolute Gasteiger partial charge is 0.301 e. The number of rotatable bonds is 6. The van der Waals surface area contributed by atoms with Crippen LogP contribution in [0.2, 0.25) is 0 Å². The molecule has 0 atom stereocenters. The minimum atomic E-state index is -0.0796. The summed E-state index contributed by atoms with van der Waals surface area (Å²) in [6.07, 6.45) is 3.66. The van der Waals surface area contributed by atoms with E-state index in [-0.39, 0.29) is 5.91 Å². The molecule has 1 aromatic carbocycles. The van der Waals surface area contributed by atoms with Gasteiger partial charge in [0.25, 0.3) is 0 Å². The third-order valence-electron chi connectivity index (χ3n) is 3.64. The molecule has 0 aliphatic rings. The van der Waals surface area contributed by atoms with E-state index in [1.165, 1.54) is 28.7 Å². The Hall–Kier alpha value is -2.12. The van der Waals surface area contributed by atoms with Crippen LogP contribution >= 0.6 is 23.1 Å². The Kier molecular flexibility index (Phi) is 5.55. The molecule has 0 unspecified atom stereocenters. The van der Waals surface area contributed by atoms with Gasteiger partial charge in [-0.25, -0.2) is 9.97 Å². The van der Waals surface area contributed by atoms with Gasteiger partial charge < -0.3 is 5.32 Å². The van der Waals surface area contributed by atoms with Gasteiger partial charge in [-0.15, -0.1) is 11.3 Å². The number of anilines is 1. The molecule has 0 saturated carbocycles. The summed E-state index contributed by atoms with van der Waals surface area (Å²) in [6.45, 7) is 6.26. The quantitative estimate of drug-likeness (QED) is 0.648. The molecule has 130 valence electrons. The molecular formula is C18H20N4OS2. The van der Waals surface area contributed by atoms with Crippen LogP contribution in [0.3, 0.4) is 0 Å². The minimum absolute atomic E-state index is 0.0796. The highest BCUT2D eigenvalue weighted by Crippen LogP contribution is 2.23. The van der Waals surface area contributed by atoms with Crippen molar-refractivity contribution >= 4 is 34.1 Å². The fourth-order valence-corrected chi connectivity index (χ4v) is 3.79. The molecule has 0 saturated heterocycles. The van der Waals surface area contributed by atoms with Gasteiger partial charge in [0, 0.05) is 23.5 Å². The lowest BCUT2D eigenvalue weighted by atomic mass is 10.0. The van der Waals surface area contributed by atoms with Crippen molar-refractivity contribution in [3.05, 3.63) is 53.3 Å². The zero-order chi connectivity index (χ0) is 17.8. The van der Waals surface area contributed by atoms with Gasteiger partial charge >= 0.3 is 0 Å². The molecule has 2 heterocycles. The topological polar surface area (TPSA) is 59.8 Å². The predicted octanol–water partition coefficient (Wildman–Crippen LogP) is 4.49. The zero-order valence-corrected chi connectivity index (χ0v) is 16.0. The number of carbonyl (C=O) groups excluding carboxylic acids is 1. The number of aromatic nitrogens is 3. The highest BCUT2D eigenvalue weighted by Gasteiger charge is 2.11. The summed E-state index contributed by atoms with van der Waals surface area (Å²) >= 11 is 2.84. The van der Waals surface area contributed by atoms with Gasteiger partial charge in [0.05, 0.1) is 11.4 Å². The van der Waals surface area contributed by atoms with Crippen molar-refractivity contribution in [1.29, 1.82) is 0 Å². The Labute approximate surface area is 155 Å². The number of hydrogen-bond acceptors (Lipinski definition) is 5. The highest BCUT2D eigenvalue weighted by atomic mass is 32.2. The molecule has 5 nitrogen and oxygen atoms in total. The van der Waals surface area contributed by atoms with Crippen molar-refractivity contribution in [3.8, 4) is 5.69 Å². The second-order valence-corrected chi connectivity index (χ2v) is 7.76. The minimum Gasteiger partial charge on any atom is -0.301 e. The van der Waals surface area contributed by atoms with Crippen LogP contribution in [-0.2, 0) is 4.79 Å².